The van der Waals surface area contributed by atoms with Gasteiger partial charge in [0.25, 0.3) is 0 Å². The highest BCUT2D eigenvalue weighted by Crippen LogP contribution is 2.19. The zero-order chi connectivity index (χ0) is 22.3. The summed E-state index contributed by atoms with van der Waals surface area (Å²) in [4.78, 5) is 18.3. The van der Waals surface area contributed by atoms with Crippen LogP contribution in [-0.2, 0) is 11.3 Å². The highest BCUT2D eigenvalue weighted by molar-refractivity contribution is 5.80. The van der Waals surface area contributed by atoms with Crippen LogP contribution in [-0.4, -0.2) is 67.9 Å². The number of aliphatic imine (C=N–C) groups is 1. The van der Waals surface area contributed by atoms with Crippen LogP contribution >= 0.6 is 0 Å². The number of hydrogen-bond acceptors (Lipinski definition) is 6. The molecule has 2 aliphatic rings. The van der Waals surface area contributed by atoms with Gasteiger partial charge in [0.1, 0.15) is 11.6 Å². The zero-order valence-electron chi connectivity index (χ0n) is 19.4. The Morgan fingerprint density at radius 1 is 1.16 bits per heavy atom. The van der Waals surface area contributed by atoms with Gasteiger partial charge < -0.3 is 25.2 Å². The summed E-state index contributed by atoms with van der Waals surface area (Å²) in [5.74, 6) is 2.93. The summed E-state index contributed by atoms with van der Waals surface area (Å²) in [6, 6.07) is 10.8. The number of piperidine rings is 1. The minimum absolute atomic E-state index is 0.239. The van der Waals surface area contributed by atoms with Gasteiger partial charge in [-0.25, -0.2) is 9.97 Å². The van der Waals surface area contributed by atoms with Crippen LogP contribution in [0.2, 0.25) is 0 Å². The maximum Gasteiger partial charge on any atom is 0.191 e. The number of guanidine groups is 1. The molecule has 0 amide bonds. The molecule has 0 bridgehead atoms. The molecule has 172 valence electrons. The van der Waals surface area contributed by atoms with E-state index in [1.807, 2.05) is 26.2 Å². The van der Waals surface area contributed by atoms with Crippen LogP contribution in [0, 0.1) is 6.92 Å². The Hall–Kier alpha value is -2.87. The summed E-state index contributed by atoms with van der Waals surface area (Å²) < 4.78 is 5.65. The number of aromatic nitrogens is 2. The monoisotopic (exact) mass is 437 g/mol. The number of pyridine rings is 2. The lowest BCUT2D eigenvalue weighted by Gasteiger charge is -2.34. The highest BCUT2D eigenvalue weighted by atomic mass is 16.5. The lowest BCUT2D eigenvalue weighted by atomic mass is 10.1. The van der Waals surface area contributed by atoms with Crippen LogP contribution in [0.25, 0.3) is 0 Å². The molecule has 0 aliphatic carbocycles. The van der Waals surface area contributed by atoms with E-state index in [1.165, 1.54) is 5.56 Å². The maximum absolute atomic E-state index is 5.65. The van der Waals surface area contributed by atoms with E-state index < -0.39 is 0 Å². The van der Waals surface area contributed by atoms with Gasteiger partial charge in [-0.3, -0.25) is 4.99 Å². The number of rotatable bonds is 5. The molecule has 0 aromatic carbocycles. The molecule has 8 nitrogen and oxygen atoms in total. The van der Waals surface area contributed by atoms with Gasteiger partial charge in [-0.1, -0.05) is 6.07 Å². The molecule has 1 unspecified atom stereocenters. The molecule has 32 heavy (non-hydrogen) atoms. The first-order valence-electron chi connectivity index (χ1n) is 11.6. The Labute approximate surface area is 191 Å². The number of hydrogen-bond donors (Lipinski definition) is 2. The number of aryl methyl sites for hydroxylation is 1. The van der Waals surface area contributed by atoms with Gasteiger partial charge in [-0.2, -0.15) is 0 Å². The van der Waals surface area contributed by atoms with Crippen molar-refractivity contribution in [2.45, 2.75) is 45.4 Å². The standard InChI is InChI=1S/C24H35N7O/c1-18-5-4-6-22(28-18)30-11-8-21(9-12-30)29-24(25-3)27-16-20-7-10-26-23(15-20)31-13-14-32-19(2)17-31/h4-7,10,15,19,21H,8-9,11-14,16-17H2,1-3H3,(H2,25,27,29). The third-order valence-electron chi connectivity index (χ3n) is 6.09. The van der Waals surface area contributed by atoms with Crippen LogP contribution in [0.15, 0.2) is 41.5 Å². The molecule has 2 saturated heterocycles. The largest absolute Gasteiger partial charge is 0.375 e. The number of anilines is 2. The van der Waals surface area contributed by atoms with E-state index >= 15 is 0 Å². The summed E-state index contributed by atoms with van der Waals surface area (Å²) >= 11 is 0. The van der Waals surface area contributed by atoms with E-state index in [2.05, 4.69) is 66.6 Å². The van der Waals surface area contributed by atoms with E-state index in [0.717, 1.165) is 68.9 Å². The first kappa shape index (κ1) is 22.3. The van der Waals surface area contributed by atoms with Crippen molar-refractivity contribution >= 4 is 17.6 Å². The van der Waals surface area contributed by atoms with Crippen LogP contribution in [0.5, 0.6) is 0 Å². The summed E-state index contributed by atoms with van der Waals surface area (Å²) in [5, 5.41) is 7.06. The minimum Gasteiger partial charge on any atom is -0.375 e. The SMILES string of the molecule is CN=C(NCc1ccnc(N2CCOC(C)C2)c1)NC1CCN(c2cccc(C)n2)CC1. The van der Waals surface area contributed by atoms with Crippen molar-refractivity contribution < 1.29 is 4.74 Å². The fraction of sp³-hybridized carbons (Fsp3) is 0.542. The van der Waals surface area contributed by atoms with Crippen molar-refractivity contribution in [2.24, 2.45) is 4.99 Å². The summed E-state index contributed by atoms with van der Waals surface area (Å²) in [6.07, 6.45) is 4.25. The average molecular weight is 438 g/mol. The van der Waals surface area contributed by atoms with E-state index in [9.17, 15) is 0 Å². The molecule has 0 saturated carbocycles. The fourth-order valence-corrected chi connectivity index (χ4v) is 4.30. The number of nitrogens with one attached hydrogen (secondary N) is 2. The van der Waals surface area contributed by atoms with Gasteiger partial charge in [0, 0.05) is 57.7 Å². The highest BCUT2D eigenvalue weighted by Gasteiger charge is 2.21. The van der Waals surface area contributed by atoms with Crippen molar-refractivity contribution in [3.8, 4) is 0 Å². The number of ether oxygens (including phenoxy) is 1. The third kappa shape index (κ3) is 5.88. The van der Waals surface area contributed by atoms with Crippen molar-refractivity contribution in [3.63, 3.8) is 0 Å². The number of nitrogens with zero attached hydrogens (tertiary/aromatic N) is 5. The van der Waals surface area contributed by atoms with Gasteiger partial charge in [0.2, 0.25) is 0 Å². The molecule has 2 N–H and O–H groups in total. The quantitative estimate of drug-likeness (QED) is 0.549. The molecule has 8 heteroatoms. The Balaban J connectivity index is 1.26. The predicted molar refractivity (Wildman–Crippen MR) is 129 cm³/mol. The minimum atomic E-state index is 0.239. The maximum atomic E-state index is 5.65. The summed E-state index contributed by atoms with van der Waals surface area (Å²) in [5.41, 5.74) is 2.26. The second kappa shape index (κ2) is 10.6. The molecule has 2 aromatic rings. The fourth-order valence-electron chi connectivity index (χ4n) is 4.30. The summed E-state index contributed by atoms with van der Waals surface area (Å²) in [6.45, 7) is 9.36. The molecule has 4 heterocycles. The first-order chi connectivity index (χ1) is 15.6. The lowest BCUT2D eigenvalue weighted by Crippen LogP contribution is -2.48. The van der Waals surface area contributed by atoms with Crippen molar-refractivity contribution in [1.29, 1.82) is 0 Å². The molecular formula is C24H35N7O. The van der Waals surface area contributed by atoms with E-state index in [-0.39, 0.29) is 6.10 Å². The predicted octanol–water partition coefficient (Wildman–Crippen LogP) is 2.34. The molecule has 2 aliphatic heterocycles. The molecule has 4 rings (SSSR count). The third-order valence-corrected chi connectivity index (χ3v) is 6.09. The van der Waals surface area contributed by atoms with Gasteiger partial charge in [0.05, 0.1) is 12.7 Å². The molecule has 2 aromatic heterocycles. The number of morpholine rings is 1. The second-order valence-electron chi connectivity index (χ2n) is 8.62. The van der Waals surface area contributed by atoms with Gasteiger partial charge in [0.15, 0.2) is 5.96 Å². The van der Waals surface area contributed by atoms with Crippen LogP contribution in [0.3, 0.4) is 0 Å². The van der Waals surface area contributed by atoms with Gasteiger partial charge in [-0.15, -0.1) is 0 Å². The summed E-state index contributed by atoms with van der Waals surface area (Å²) in [7, 11) is 1.83. The molecular weight excluding hydrogens is 402 g/mol. The normalized spacial score (nSPS) is 20.3. The van der Waals surface area contributed by atoms with Crippen LogP contribution in [0.4, 0.5) is 11.6 Å². The van der Waals surface area contributed by atoms with Crippen LogP contribution in [0.1, 0.15) is 31.0 Å². The van der Waals surface area contributed by atoms with Crippen molar-refractivity contribution in [3.05, 3.63) is 47.8 Å². The molecule has 0 radical (unpaired) electrons. The average Bonchev–Trinajstić information content (AvgIpc) is 2.82. The Morgan fingerprint density at radius 2 is 2.00 bits per heavy atom. The van der Waals surface area contributed by atoms with Crippen molar-refractivity contribution in [1.82, 2.24) is 20.6 Å². The molecule has 0 spiro atoms. The first-order valence-corrected chi connectivity index (χ1v) is 11.6. The second-order valence-corrected chi connectivity index (χ2v) is 8.62. The van der Waals surface area contributed by atoms with Crippen molar-refractivity contribution in [2.75, 3.05) is 49.6 Å². The Morgan fingerprint density at radius 3 is 2.75 bits per heavy atom. The van der Waals surface area contributed by atoms with Crippen LogP contribution < -0.4 is 20.4 Å². The Bertz CT molecular complexity index is 911. The van der Waals surface area contributed by atoms with E-state index in [0.29, 0.717) is 12.6 Å². The molecule has 1 atom stereocenters. The van der Waals surface area contributed by atoms with Gasteiger partial charge >= 0.3 is 0 Å². The zero-order valence-corrected chi connectivity index (χ0v) is 19.4. The smallest absolute Gasteiger partial charge is 0.191 e. The van der Waals surface area contributed by atoms with Gasteiger partial charge in [-0.05, 0) is 56.5 Å². The molecule has 2 fully saturated rings. The van der Waals surface area contributed by atoms with E-state index in [1.54, 1.807) is 0 Å². The Kier molecular flexibility index (Phi) is 7.42. The lowest BCUT2D eigenvalue weighted by molar-refractivity contribution is 0.0529. The van der Waals surface area contributed by atoms with E-state index in [4.69, 9.17) is 4.74 Å². The topological polar surface area (TPSA) is 77.9 Å².